The molecule has 178 valence electrons. The highest BCUT2D eigenvalue weighted by Crippen LogP contribution is 2.54. The Morgan fingerprint density at radius 1 is 1.14 bits per heavy atom. The molecule has 0 spiro atoms. The van der Waals surface area contributed by atoms with Crippen molar-refractivity contribution in [2.75, 3.05) is 10.6 Å². The lowest BCUT2D eigenvalue weighted by atomic mass is 10.1. The fourth-order valence-electron chi connectivity index (χ4n) is 4.51. The summed E-state index contributed by atoms with van der Waals surface area (Å²) in [5.74, 6) is -1.73. The predicted octanol–water partition coefficient (Wildman–Crippen LogP) is 4.22. The zero-order chi connectivity index (χ0) is 24.3. The molecule has 35 heavy (non-hydrogen) atoms. The van der Waals surface area contributed by atoms with Crippen molar-refractivity contribution in [1.29, 1.82) is 0 Å². The molecular weight excluding hydrogens is 465 g/mol. The summed E-state index contributed by atoms with van der Waals surface area (Å²) in [6.07, 6.45) is 2.10. The van der Waals surface area contributed by atoms with Gasteiger partial charge in [-0.3, -0.25) is 4.79 Å². The first-order chi connectivity index (χ1) is 16.9. The van der Waals surface area contributed by atoms with E-state index in [9.17, 15) is 22.8 Å². The van der Waals surface area contributed by atoms with Gasteiger partial charge in [-0.15, -0.1) is 0 Å². The minimum atomic E-state index is -1.40. The number of nitrogens with one attached hydrogen (secondary N) is 3. The van der Waals surface area contributed by atoms with E-state index in [0.29, 0.717) is 48.0 Å². The standard InChI is InChI=1S/C24H17F3N4O4/c25-10-7-14(26)20(27)15(8-10)29-24(33)31-21-19-13-9-11(1-3-16(13)35-22(19)21)34-17-5-6-28-23-12(17)2-4-18(32)30-23/h1,3,5-9,19,21-22H,2,4H2,(H,28,30,32)(H2,29,31,33)/t19-,21?,22-/m0/s1. The third-order valence-electron chi connectivity index (χ3n) is 6.20. The van der Waals surface area contributed by atoms with Crippen LogP contribution in [0.1, 0.15) is 23.5 Å². The number of urea groups is 1. The topological polar surface area (TPSA) is 102 Å². The molecule has 3 aromatic rings. The number of aromatic nitrogens is 1. The Morgan fingerprint density at radius 2 is 2.00 bits per heavy atom. The van der Waals surface area contributed by atoms with Crippen molar-refractivity contribution in [3.63, 3.8) is 0 Å². The molecule has 1 saturated carbocycles. The Balaban J connectivity index is 1.15. The van der Waals surface area contributed by atoms with E-state index in [1.54, 1.807) is 24.4 Å². The van der Waals surface area contributed by atoms with Gasteiger partial charge in [0.2, 0.25) is 5.91 Å². The Morgan fingerprint density at radius 3 is 2.86 bits per heavy atom. The molecule has 3 N–H and O–H groups in total. The van der Waals surface area contributed by atoms with Gasteiger partial charge in [0.25, 0.3) is 0 Å². The second-order valence-electron chi connectivity index (χ2n) is 8.47. The Hall–Kier alpha value is -4.28. The molecule has 3 amide bonds. The highest BCUT2D eigenvalue weighted by Gasteiger charge is 2.59. The average molecular weight is 482 g/mol. The third-order valence-corrected chi connectivity index (χ3v) is 6.20. The summed E-state index contributed by atoms with van der Waals surface area (Å²) in [4.78, 5) is 28.1. The van der Waals surface area contributed by atoms with Crippen LogP contribution in [0.3, 0.4) is 0 Å². The van der Waals surface area contributed by atoms with Crippen molar-refractivity contribution >= 4 is 23.4 Å². The van der Waals surface area contributed by atoms with Crippen LogP contribution in [0, 0.1) is 17.5 Å². The number of carbonyl (C=O) groups is 2. The van der Waals surface area contributed by atoms with Gasteiger partial charge in [0.1, 0.15) is 35.0 Å². The number of benzene rings is 2. The van der Waals surface area contributed by atoms with Crippen molar-refractivity contribution in [1.82, 2.24) is 10.3 Å². The van der Waals surface area contributed by atoms with Gasteiger partial charge < -0.3 is 25.4 Å². The molecule has 1 unspecified atom stereocenters. The summed E-state index contributed by atoms with van der Waals surface area (Å²) >= 11 is 0. The number of fused-ring (bicyclic) bond motifs is 4. The first-order valence-corrected chi connectivity index (χ1v) is 10.9. The second-order valence-corrected chi connectivity index (χ2v) is 8.47. The van der Waals surface area contributed by atoms with Crippen LogP contribution in [0.15, 0.2) is 42.6 Å². The number of nitrogens with zero attached hydrogens (tertiary/aromatic N) is 1. The summed E-state index contributed by atoms with van der Waals surface area (Å²) in [6.45, 7) is 0. The van der Waals surface area contributed by atoms with E-state index in [1.807, 2.05) is 6.07 Å². The largest absolute Gasteiger partial charge is 0.487 e. The average Bonchev–Trinajstić information content (AvgIpc) is 3.33. The van der Waals surface area contributed by atoms with E-state index >= 15 is 0 Å². The molecule has 3 heterocycles. The maximum atomic E-state index is 13.8. The molecule has 1 aromatic heterocycles. The van der Waals surface area contributed by atoms with Crippen molar-refractivity contribution in [2.24, 2.45) is 0 Å². The van der Waals surface area contributed by atoms with Gasteiger partial charge in [0, 0.05) is 35.9 Å². The quantitative estimate of drug-likeness (QED) is 0.484. The second kappa shape index (κ2) is 7.90. The van der Waals surface area contributed by atoms with E-state index in [2.05, 4.69) is 20.9 Å². The molecule has 0 radical (unpaired) electrons. The van der Waals surface area contributed by atoms with Crippen LogP contribution in [0.5, 0.6) is 17.2 Å². The normalized spacial score (nSPS) is 21.1. The van der Waals surface area contributed by atoms with Crippen LogP contribution < -0.4 is 25.4 Å². The highest BCUT2D eigenvalue weighted by molar-refractivity contribution is 5.93. The molecule has 8 nitrogen and oxygen atoms in total. The van der Waals surface area contributed by atoms with Crippen LogP contribution in [-0.2, 0) is 11.2 Å². The van der Waals surface area contributed by atoms with E-state index < -0.39 is 35.2 Å². The van der Waals surface area contributed by atoms with Gasteiger partial charge in [-0.05, 0) is 30.7 Å². The Bertz CT molecular complexity index is 1400. The number of rotatable bonds is 4. The molecule has 1 aliphatic carbocycles. The molecule has 2 aliphatic heterocycles. The fourth-order valence-corrected chi connectivity index (χ4v) is 4.51. The zero-order valence-corrected chi connectivity index (χ0v) is 17.9. The number of halogens is 3. The minimum absolute atomic E-state index is 0.0931. The van der Waals surface area contributed by atoms with Crippen LogP contribution in [0.2, 0.25) is 0 Å². The number of anilines is 2. The smallest absolute Gasteiger partial charge is 0.319 e. The van der Waals surface area contributed by atoms with E-state index in [1.165, 1.54) is 0 Å². The van der Waals surface area contributed by atoms with Gasteiger partial charge in [0.05, 0.1) is 17.6 Å². The summed E-state index contributed by atoms with van der Waals surface area (Å²) < 4.78 is 52.5. The number of pyridine rings is 1. The maximum absolute atomic E-state index is 13.8. The molecule has 0 saturated heterocycles. The fraction of sp³-hybridized carbons (Fsp3) is 0.208. The monoisotopic (exact) mass is 482 g/mol. The Kier molecular flexibility index (Phi) is 4.80. The van der Waals surface area contributed by atoms with Crippen molar-refractivity contribution < 1.29 is 32.2 Å². The summed E-state index contributed by atoms with van der Waals surface area (Å²) in [6, 6.07) is 6.96. The molecule has 1 fully saturated rings. The lowest BCUT2D eigenvalue weighted by Crippen LogP contribution is -2.34. The highest BCUT2D eigenvalue weighted by atomic mass is 19.2. The lowest BCUT2D eigenvalue weighted by molar-refractivity contribution is -0.116. The molecular formula is C24H17F3N4O4. The summed E-state index contributed by atoms with van der Waals surface area (Å²) in [5, 5.41) is 7.51. The molecule has 0 bridgehead atoms. The first kappa shape index (κ1) is 21.3. The molecule has 3 atom stereocenters. The Labute approximate surface area is 196 Å². The SMILES string of the molecule is O=C1CCc2c(Oc3ccc4c(c3)[C@H]3C(NC(=O)Nc5cc(F)cc(F)c5F)[C@H]3O4)ccnc2N1. The first-order valence-electron chi connectivity index (χ1n) is 10.9. The van der Waals surface area contributed by atoms with E-state index in [-0.39, 0.29) is 17.9 Å². The van der Waals surface area contributed by atoms with Crippen LogP contribution >= 0.6 is 0 Å². The van der Waals surface area contributed by atoms with Gasteiger partial charge in [-0.25, -0.2) is 22.9 Å². The molecule has 11 heteroatoms. The van der Waals surface area contributed by atoms with Crippen molar-refractivity contribution in [3.05, 3.63) is 71.2 Å². The van der Waals surface area contributed by atoms with Gasteiger partial charge in [-0.2, -0.15) is 0 Å². The summed E-state index contributed by atoms with van der Waals surface area (Å²) in [5.41, 5.74) is 1.04. The number of amides is 3. The number of hydrogen-bond donors (Lipinski definition) is 3. The van der Waals surface area contributed by atoms with Crippen molar-refractivity contribution in [2.45, 2.75) is 30.9 Å². The van der Waals surface area contributed by atoms with Crippen molar-refractivity contribution in [3.8, 4) is 17.2 Å². The number of ether oxygens (including phenoxy) is 2. The van der Waals surface area contributed by atoms with Crippen LogP contribution in [-0.4, -0.2) is 29.1 Å². The minimum Gasteiger partial charge on any atom is -0.487 e. The zero-order valence-electron chi connectivity index (χ0n) is 17.9. The number of carbonyl (C=O) groups excluding carboxylic acids is 2. The molecule has 6 rings (SSSR count). The van der Waals surface area contributed by atoms with Gasteiger partial charge >= 0.3 is 6.03 Å². The molecule has 2 aromatic carbocycles. The third kappa shape index (κ3) is 3.78. The van der Waals surface area contributed by atoms with E-state index in [4.69, 9.17) is 9.47 Å². The lowest BCUT2D eigenvalue weighted by Gasteiger charge is -2.19. The predicted molar refractivity (Wildman–Crippen MR) is 117 cm³/mol. The summed E-state index contributed by atoms with van der Waals surface area (Å²) in [7, 11) is 0. The van der Waals surface area contributed by atoms with Crippen LogP contribution in [0.4, 0.5) is 29.5 Å². The maximum Gasteiger partial charge on any atom is 0.319 e. The van der Waals surface area contributed by atoms with Gasteiger partial charge in [-0.1, -0.05) is 0 Å². The molecule has 3 aliphatic rings. The number of hydrogen-bond acceptors (Lipinski definition) is 5. The van der Waals surface area contributed by atoms with E-state index in [0.717, 1.165) is 11.1 Å². The van der Waals surface area contributed by atoms with Crippen LogP contribution in [0.25, 0.3) is 0 Å². The van der Waals surface area contributed by atoms with Gasteiger partial charge in [0.15, 0.2) is 11.6 Å².